The normalized spacial score (nSPS) is 25.1. The zero-order valence-electron chi connectivity index (χ0n) is 10.5. The second-order valence-electron chi connectivity index (χ2n) is 5.10. The number of rotatable bonds is 2. The fraction of sp³-hybridized carbons (Fsp3) is 0.643. The Labute approximate surface area is 105 Å². The second-order valence-corrected chi connectivity index (χ2v) is 5.10. The summed E-state index contributed by atoms with van der Waals surface area (Å²) in [7, 11) is 0. The molecule has 100 valence electrons. The van der Waals surface area contributed by atoms with Crippen LogP contribution < -0.4 is 0 Å². The summed E-state index contributed by atoms with van der Waals surface area (Å²) >= 11 is 0. The van der Waals surface area contributed by atoms with Crippen LogP contribution in [0.25, 0.3) is 0 Å². The lowest BCUT2D eigenvalue weighted by Gasteiger charge is -2.27. The Balaban J connectivity index is 2.02. The Kier molecular flexibility index (Phi) is 3.93. The molecule has 0 atom stereocenters. The van der Waals surface area contributed by atoms with Gasteiger partial charge in [-0.25, -0.2) is 0 Å². The highest BCUT2D eigenvalue weighted by Gasteiger charge is 2.32. The summed E-state index contributed by atoms with van der Waals surface area (Å²) in [5.41, 5.74) is 0.158. The maximum absolute atomic E-state index is 12.4. The highest BCUT2D eigenvalue weighted by molar-refractivity contribution is 5.20. The largest absolute Gasteiger partial charge is 0.433 e. The number of alkyl halides is 3. The lowest BCUT2D eigenvalue weighted by Crippen LogP contribution is -2.14. The molecule has 1 aromatic heterocycles. The summed E-state index contributed by atoms with van der Waals surface area (Å²) in [5, 5.41) is 0. The van der Waals surface area contributed by atoms with E-state index in [1.807, 2.05) is 0 Å². The SMILES string of the molecule is CC[C@H]1CC[C@H](c2ccc(C(F)(F)F)nc2)CC1. The van der Waals surface area contributed by atoms with Crippen molar-refractivity contribution in [3.63, 3.8) is 0 Å². The lowest BCUT2D eigenvalue weighted by atomic mass is 9.78. The third-order valence-corrected chi connectivity index (χ3v) is 3.97. The van der Waals surface area contributed by atoms with E-state index >= 15 is 0 Å². The van der Waals surface area contributed by atoms with Gasteiger partial charge in [0.2, 0.25) is 0 Å². The van der Waals surface area contributed by atoms with E-state index in [0.717, 1.165) is 30.4 Å². The average molecular weight is 257 g/mol. The molecule has 1 aliphatic carbocycles. The Bertz CT molecular complexity index is 375. The van der Waals surface area contributed by atoms with Crippen molar-refractivity contribution in [3.8, 4) is 0 Å². The summed E-state index contributed by atoms with van der Waals surface area (Å²) in [6.07, 6.45) is 2.79. The van der Waals surface area contributed by atoms with Crippen LogP contribution in [0.5, 0.6) is 0 Å². The van der Waals surface area contributed by atoms with Gasteiger partial charge in [0.15, 0.2) is 0 Å². The molecule has 0 amide bonds. The predicted molar refractivity (Wildman–Crippen MR) is 64.2 cm³/mol. The van der Waals surface area contributed by atoms with Crippen LogP contribution in [0.4, 0.5) is 13.2 Å². The van der Waals surface area contributed by atoms with Gasteiger partial charge in [-0.05, 0) is 49.1 Å². The van der Waals surface area contributed by atoms with Crippen molar-refractivity contribution in [2.24, 2.45) is 5.92 Å². The van der Waals surface area contributed by atoms with E-state index in [4.69, 9.17) is 0 Å². The molecule has 1 fully saturated rings. The summed E-state index contributed by atoms with van der Waals surface area (Å²) in [4.78, 5) is 3.54. The summed E-state index contributed by atoms with van der Waals surface area (Å²) in [6.45, 7) is 2.20. The Morgan fingerprint density at radius 3 is 2.28 bits per heavy atom. The van der Waals surface area contributed by atoms with Crippen LogP contribution in [0.2, 0.25) is 0 Å². The lowest BCUT2D eigenvalue weighted by molar-refractivity contribution is -0.141. The maximum atomic E-state index is 12.4. The van der Waals surface area contributed by atoms with Gasteiger partial charge in [-0.15, -0.1) is 0 Å². The minimum absolute atomic E-state index is 0.391. The zero-order chi connectivity index (χ0) is 13.2. The first-order valence-electron chi connectivity index (χ1n) is 6.54. The highest BCUT2D eigenvalue weighted by atomic mass is 19.4. The summed E-state index contributed by atoms with van der Waals surface area (Å²) < 4.78 is 37.2. The molecule has 0 unspecified atom stereocenters. The second kappa shape index (κ2) is 5.29. The van der Waals surface area contributed by atoms with E-state index in [1.165, 1.54) is 25.5 Å². The topological polar surface area (TPSA) is 12.9 Å². The average Bonchev–Trinajstić information content (AvgIpc) is 2.38. The van der Waals surface area contributed by atoms with Gasteiger partial charge in [0.25, 0.3) is 0 Å². The smallest absolute Gasteiger partial charge is 0.251 e. The highest BCUT2D eigenvalue weighted by Crippen LogP contribution is 2.37. The monoisotopic (exact) mass is 257 g/mol. The summed E-state index contributed by atoms with van der Waals surface area (Å²) in [5.74, 6) is 1.19. The van der Waals surface area contributed by atoms with Gasteiger partial charge in [0.05, 0.1) is 0 Å². The summed E-state index contributed by atoms with van der Waals surface area (Å²) in [6, 6.07) is 2.69. The molecule has 1 aromatic rings. The first-order chi connectivity index (χ1) is 8.50. The maximum Gasteiger partial charge on any atom is 0.433 e. The predicted octanol–water partition coefficient (Wildman–Crippen LogP) is 4.78. The number of halogens is 3. The quantitative estimate of drug-likeness (QED) is 0.742. The molecular weight excluding hydrogens is 239 g/mol. The van der Waals surface area contributed by atoms with Gasteiger partial charge in [0.1, 0.15) is 5.69 Å². The van der Waals surface area contributed by atoms with E-state index in [-0.39, 0.29) is 0 Å². The first-order valence-corrected chi connectivity index (χ1v) is 6.54. The number of hydrogen-bond donors (Lipinski definition) is 0. The molecule has 0 aromatic carbocycles. The van der Waals surface area contributed by atoms with Gasteiger partial charge in [-0.2, -0.15) is 13.2 Å². The van der Waals surface area contributed by atoms with Crippen molar-refractivity contribution in [3.05, 3.63) is 29.6 Å². The molecule has 4 heteroatoms. The molecule has 0 radical (unpaired) electrons. The van der Waals surface area contributed by atoms with E-state index < -0.39 is 11.9 Å². The van der Waals surface area contributed by atoms with Crippen LogP contribution in [0.15, 0.2) is 18.3 Å². The Hall–Kier alpha value is -1.06. The number of hydrogen-bond acceptors (Lipinski definition) is 1. The van der Waals surface area contributed by atoms with Crippen molar-refractivity contribution in [2.45, 2.75) is 51.1 Å². The van der Waals surface area contributed by atoms with E-state index in [2.05, 4.69) is 11.9 Å². The van der Waals surface area contributed by atoms with Crippen molar-refractivity contribution < 1.29 is 13.2 Å². The fourth-order valence-electron chi connectivity index (χ4n) is 2.72. The Morgan fingerprint density at radius 1 is 1.17 bits per heavy atom. The van der Waals surface area contributed by atoms with Gasteiger partial charge in [-0.3, -0.25) is 4.98 Å². The van der Waals surface area contributed by atoms with Gasteiger partial charge in [-0.1, -0.05) is 19.4 Å². The van der Waals surface area contributed by atoms with Crippen molar-refractivity contribution >= 4 is 0 Å². The molecule has 18 heavy (non-hydrogen) atoms. The molecule has 1 heterocycles. The number of pyridine rings is 1. The molecule has 0 saturated heterocycles. The van der Waals surface area contributed by atoms with E-state index in [0.29, 0.717) is 5.92 Å². The zero-order valence-corrected chi connectivity index (χ0v) is 10.5. The first kappa shape index (κ1) is 13.4. The fourth-order valence-corrected chi connectivity index (χ4v) is 2.72. The minimum Gasteiger partial charge on any atom is -0.251 e. The van der Waals surface area contributed by atoms with Crippen LogP contribution in [-0.2, 0) is 6.18 Å². The molecule has 1 aliphatic rings. The van der Waals surface area contributed by atoms with Crippen LogP contribution in [0.3, 0.4) is 0 Å². The third-order valence-electron chi connectivity index (χ3n) is 3.97. The van der Waals surface area contributed by atoms with Crippen molar-refractivity contribution in [2.75, 3.05) is 0 Å². The standard InChI is InChI=1S/C14H18F3N/c1-2-10-3-5-11(6-4-10)12-7-8-13(18-9-12)14(15,16)17/h7-11H,2-6H2,1H3/t10-,11-. The molecule has 2 rings (SSSR count). The van der Waals surface area contributed by atoms with E-state index in [9.17, 15) is 13.2 Å². The van der Waals surface area contributed by atoms with Crippen LogP contribution in [0.1, 0.15) is 56.2 Å². The molecular formula is C14H18F3N. The van der Waals surface area contributed by atoms with E-state index in [1.54, 1.807) is 6.07 Å². The molecule has 1 saturated carbocycles. The number of nitrogens with zero attached hydrogens (tertiary/aromatic N) is 1. The molecule has 1 nitrogen and oxygen atoms in total. The Morgan fingerprint density at radius 2 is 1.83 bits per heavy atom. The molecule has 0 N–H and O–H groups in total. The molecule has 0 bridgehead atoms. The minimum atomic E-state index is -4.33. The third kappa shape index (κ3) is 3.03. The molecule has 0 aliphatic heterocycles. The van der Waals surface area contributed by atoms with Crippen LogP contribution in [0, 0.1) is 5.92 Å². The number of aromatic nitrogens is 1. The molecule has 0 spiro atoms. The van der Waals surface area contributed by atoms with Crippen LogP contribution >= 0.6 is 0 Å². The van der Waals surface area contributed by atoms with Gasteiger partial charge in [0, 0.05) is 6.20 Å². The van der Waals surface area contributed by atoms with Gasteiger partial charge < -0.3 is 0 Å². The van der Waals surface area contributed by atoms with Gasteiger partial charge >= 0.3 is 6.18 Å². The van der Waals surface area contributed by atoms with Crippen molar-refractivity contribution in [1.82, 2.24) is 4.98 Å². The van der Waals surface area contributed by atoms with Crippen molar-refractivity contribution in [1.29, 1.82) is 0 Å². The van der Waals surface area contributed by atoms with Crippen LogP contribution in [-0.4, -0.2) is 4.98 Å².